The van der Waals surface area contributed by atoms with E-state index in [2.05, 4.69) is 34.9 Å². The topological polar surface area (TPSA) is 105 Å². The Morgan fingerprint density at radius 2 is 1.60 bits per heavy atom. The molecule has 2 aliphatic carbocycles. The number of hydrogen-bond donors (Lipinski definition) is 3. The Labute approximate surface area is 206 Å². The molecule has 0 saturated heterocycles. The van der Waals surface area contributed by atoms with Gasteiger partial charge in [0.25, 0.3) is 0 Å². The third-order valence-corrected chi connectivity index (χ3v) is 7.11. The zero-order chi connectivity index (χ0) is 25.2. The Morgan fingerprint density at radius 3 is 2.17 bits per heavy atom. The van der Waals surface area contributed by atoms with Gasteiger partial charge in [0.1, 0.15) is 12.6 Å². The molecule has 0 aromatic heterocycles. The summed E-state index contributed by atoms with van der Waals surface area (Å²) in [5.74, 6) is -1.67. The Bertz CT molecular complexity index is 1060. The molecule has 2 aliphatic rings. The van der Waals surface area contributed by atoms with E-state index in [9.17, 15) is 19.5 Å². The third kappa shape index (κ3) is 5.50. The number of benzene rings is 2. The van der Waals surface area contributed by atoms with Crippen molar-refractivity contribution in [3.05, 3.63) is 59.7 Å². The smallest absolute Gasteiger partial charge is 0.407 e. The summed E-state index contributed by atoms with van der Waals surface area (Å²) in [4.78, 5) is 37.1. The minimum Gasteiger partial charge on any atom is -0.480 e. The first-order chi connectivity index (χ1) is 16.6. The molecule has 3 N–H and O–H groups in total. The fourth-order valence-electron chi connectivity index (χ4n) is 5.27. The molecule has 0 bridgehead atoms. The number of alkyl carbamates (subject to hydrolysis) is 1. The molecule has 0 radical (unpaired) electrons. The van der Waals surface area contributed by atoms with Gasteiger partial charge >= 0.3 is 12.1 Å². The van der Waals surface area contributed by atoms with Crippen LogP contribution in [0.2, 0.25) is 0 Å². The summed E-state index contributed by atoms with van der Waals surface area (Å²) in [6.45, 7) is 5.60. The van der Waals surface area contributed by atoms with Crippen LogP contribution < -0.4 is 10.6 Å². The van der Waals surface area contributed by atoms with Crippen LogP contribution in [0.5, 0.6) is 0 Å². The van der Waals surface area contributed by atoms with Gasteiger partial charge in [-0.15, -0.1) is 0 Å². The number of hydrogen-bond acceptors (Lipinski definition) is 4. The quantitative estimate of drug-likeness (QED) is 0.558. The average Bonchev–Trinajstić information content (AvgIpc) is 3.14. The van der Waals surface area contributed by atoms with E-state index in [4.69, 9.17) is 4.74 Å². The standard InChI is InChI=1S/C28H34N2O5/c1-28(2,3)24(26(32)33)30-25(31)17-9-8-10-18(15-17)29-27(34)35-16-23-21-13-6-4-11-19(21)20-12-5-7-14-22(20)23/h4-7,11-14,17-18,23-24H,8-10,15-16H2,1-3H3,(H,29,34)(H,30,31)(H,32,33)/t17-,18-,24+/m1/s1. The molecule has 7 nitrogen and oxygen atoms in total. The molecule has 3 atom stereocenters. The number of ether oxygens (including phenoxy) is 1. The molecule has 0 unspecified atom stereocenters. The Morgan fingerprint density at radius 1 is 1.00 bits per heavy atom. The molecule has 2 aromatic carbocycles. The predicted octanol–water partition coefficient (Wildman–Crippen LogP) is 4.70. The molecule has 186 valence electrons. The van der Waals surface area contributed by atoms with Crippen molar-refractivity contribution in [3.63, 3.8) is 0 Å². The largest absolute Gasteiger partial charge is 0.480 e. The molecule has 7 heteroatoms. The Balaban J connectivity index is 1.33. The second kappa shape index (κ2) is 10.1. The molecule has 0 aliphatic heterocycles. The minimum absolute atomic E-state index is 0.0108. The molecule has 1 saturated carbocycles. The van der Waals surface area contributed by atoms with Gasteiger partial charge < -0.3 is 20.5 Å². The molecule has 4 rings (SSSR count). The second-order valence-electron chi connectivity index (χ2n) is 10.7. The lowest BCUT2D eigenvalue weighted by atomic mass is 9.83. The summed E-state index contributed by atoms with van der Waals surface area (Å²) in [6, 6.07) is 15.2. The van der Waals surface area contributed by atoms with Crippen LogP contribution in [0.1, 0.15) is 63.5 Å². The van der Waals surface area contributed by atoms with Crippen molar-refractivity contribution in [2.24, 2.45) is 11.3 Å². The van der Waals surface area contributed by atoms with Crippen molar-refractivity contribution < 1.29 is 24.2 Å². The van der Waals surface area contributed by atoms with Crippen LogP contribution in [-0.2, 0) is 14.3 Å². The predicted molar refractivity (Wildman–Crippen MR) is 133 cm³/mol. The number of rotatable bonds is 6. The fourth-order valence-corrected chi connectivity index (χ4v) is 5.27. The van der Waals surface area contributed by atoms with Gasteiger partial charge in [-0.1, -0.05) is 75.7 Å². The van der Waals surface area contributed by atoms with Crippen molar-refractivity contribution in [2.45, 2.75) is 64.5 Å². The fraction of sp³-hybridized carbons (Fsp3) is 0.464. The van der Waals surface area contributed by atoms with Gasteiger partial charge in [0.15, 0.2) is 0 Å². The van der Waals surface area contributed by atoms with E-state index in [1.54, 1.807) is 20.8 Å². The number of carboxylic acids is 1. The number of carbonyl (C=O) groups excluding carboxylic acids is 2. The van der Waals surface area contributed by atoms with E-state index in [0.29, 0.717) is 12.8 Å². The van der Waals surface area contributed by atoms with Crippen LogP contribution in [0.15, 0.2) is 48.5 Å². The van der Waals surface area contributed by atoms with Gasteiger partial charge in [-0.2, -0.15) is 0 Å². The zero-order valence-electron chi connectivity index (χ0n) is 20.5. The Kier molecular flexibility index (Phi) is 7.15. The summed E-state index contributed by atoms with van der Waals surface area (Å²) in [6.07, 6.45) is 2.18. The molecular weight excluding hydrogens is 444 g/mol. The summed E-state index contributed by atoms with van der Waals surface area (Å²) < 4.78 is 5.65. The molecule has 35 heavy (non-hydrogen) atoms. The van der Waals surface area contributed by atoms with Crippen LogP contribution in [0.3, 0.4) is 0 Å². The van der Waals surface area contributed by atoms with Crippen LogP contribution >= 0.6 is 0 Å². The average molecular weight is 479 g/mol. The van der Waals surface area contributed by atoms with Gasteiger partial charge in [-0.3, -0.25) is 4.79 Å². The van der Waals surface area contributed by atoms with Gasteiger partial charge in [0.05, 0.1) is 0 Å². The summed E-state index contributed by atoms with van der Waals surface area (Å²) in [7, 11) is 0. The van der Waals surface area contributed by atoms with E-state index in [0.717, 1.165) is 24.0 Å². The third-order valence-electron chi connectivity index (χ3n) is 7.11. The normalized spacial score (nSPS) is 20.3. The number of carboxylic acid groups (broad SMARTS) is 1. The SMILES string of the molecule is CC(C)(C)[C@@H](NC(=O)[C@@H]1CCC[C@@H](NC(=O)OCC2c3ccccc3-c3ccccc32)C1)C(=O)O. The highest BCUT2D eigenvalue weighted by molar-refractivity contribution is 5.85. The molecule has 1 fully saturated rings. The van der Waals surface area contributed by atoms with Crippen molar-refractivity contribution in [3.8, 4) is 11.1 Å². The van der Waals surface area contributed by atoms with E-state index in [-0.39, 0.29) is 30.4 Å². The lowest BCUT2D eigenvalue weighted by Gasteiger charge is -2.32. The number of aliphatic carboxylic acids is 1. The maximum Gasteiger partial charge on any atom is 0.407 e. The summed E-state index contributed by atoms with van der Waals surface area (Å²) in [5.41, 5.74) is 4.06. The van der Waals surface area contributed by atoms with Gasteiger partial charge in [-0.05, 0) is 46.9 Å². The number of fused-ring (bicyclic) bond motifs is 3. The molecular formula is C28H34N2O5. The van der Waals surface area contributed by atoms with E-state index >= 15 is 0 Å². The van der Waals surface area contributed by atoms with Gasteiger partial charge in [-0.25, -0.2) is 9.59 Å². The number of nitrogens with one attached hydrogen (secondary N) is 2. The summed E-state index contributed by atoms with van der Waals surface area (Å²) >= 11 is 0. The van der Waals surface area contributed by atoms with Crippen LogP contribution in [0.25, 0.3) is 11.1 Å². The lowest BCUT2D eigenvalue weighted by Crippen LogP contribution is -2.52. The van der Waals surface area contributed by atoms with Crippen LogP contribution in [0, 0.1) is 11.3 Å². The Hall–Kier alpha value is -3.35. The van der Waals surface area contributed by atoms with E-state index in [1.807, 2.05) is 24.3 Å². The van der Waals surface area contributed by atoms with Crippen molar-refractivity contribution in [1.82, 2.24) is 10.6 Å². The highest BCUT2D eigenvalue weighted by Crippen LogP contribution is 2.44. The first kappa shape index (κ1) is 24.8. The summed E-state index contributed by atoms with van der Waals surface area (Å²) in [5, 5.41) is 15.1. The number of carbonyl (C=O) groups is 3. The van der Waals surface area contributed by atoms with Crippen LogP contribution in [0.4, 0.5) is 4.79 Å². The minimum atomic E-state index is -1.05. The molecule has 0 heterocycles. The highest BCUT2D eigenvalue weighted by atomic mass is 16.5. The zero-order valence-corrected chi connectivity index (χ0v) is 20.5. The molecule has 2 amide bonds. The number of amides is 2. The van der Waals surface area contributed by atoms with Crippen molar-refractivity contribution in [2.75, 3.05) is 6.61 Å². The van der Waals surface area contributed by atoms with Crippen molar-refractivity contribution >= 4 is 18.0 Å². The monoisotopic (exact) mass is 478 g/mol. The maximum atomic E-state index is 12.8. The van der Waals surface area contributed by atoms with Crippen molar-refractivity contribution in [1.29, 1.82) is 0 Å². The van der Waals surface area contributed by atoms with E-state index < -0.39 is 23.5 Å². The van der Waals surface area contributed by atoms with E-state index in [1.165, 1.54) is 11.1 Å². The second-order valence-corrected chi connectivity index (χ2v) is 10.7. The first-order valence-corrected chi connectivity index (χ1v) is 12.3. The lowest BCUT2D eigenvalue weighted by molar-refractivity contribution is -0.145. The first-order valence-electron chi connectivity index (χ1n) is 12.3. The van der Waals surface area contributed by atoms with Gasteiger partial charge in [0.2, 0.25) is 5.91 Å². The van der Waals surface area contributed by atoms with Crippen LogP contribution in [-0.4, -0.2) is 41.8 Å². The molecule has 2 aromatic rings. The maximum absolute atomic E-state index is 12.8. The highest BCUT2D eigenvalue weighted by Gasteiger charge is 2.36. The van der Waals surface area contributed by atoms with Gasteiger partial charge in [0, 0.05) is 17.9 Å². The molecule has 0 spiro atoms.